The van der Waals surface area contributed by atoms with Gasteiger partial charge in [0.05, 0.1) is 12.6 Å². The van der Waals surface area contributed by atoms with Crippen molar-refractivity contribution in [3.8, 4) is 17.2 Å². The molecule has 6 heteroatoms. The summed E-state index contributed by atoms with van der Waals surface area (Å²) < 4.78 is 16.5. The Morgan fingerprint density at radius 3 is 2.11 bits per heavy atom. The van der Waals surface area contributed by atoms with Gasteiger partial charge in [0.25, 0.3) is 5.91 Å². The number of hydrogen-bond donors (Lipinski definition) is 1. The van der Waals surface area contributed by atoms with Gasteiger partial charge in [-0.25, -0.2) is 0 Å². The highest BCUT2D eigenvalue weighted by atomic mass is 16.7. The zero-order valence-electron chi connectivity index (χ0n) is 20.5. The molecule has 36 heavy (non-hydrogen) atoms. The lowest BCUT2D eigenvalue weighted by Crippen LogP contribution is -2.44. The van der Waals surface area contributed by atoms with E-state index in [1.165, 1.54) is 0 Å². The third-order valence-electron chi connectivity index (χ3n) is 6.67. The Morgan fingerprint density at radius 2 is 1.50 bits per heavy atom. The molecule has 0 saturated carbocycles. The maximum Gasteiger partial charge on any atom is 0.258 e. The van der Waals surface area contributed by atoms with Crippen molar-refractivity contribution in [3.05, 3.63) is 119 Å². The largest absolute Gasteiger partial charge is 0.493 e. The van der Waals surface area contributed by atoms with E-state index in [9.17, 15) is 4.79 Å². The maximum absolute atomic E-state index is 13.8. The first kappa shape index (κ1) is 23.5. The zero-order valence-corrected chi connectivity index (χ0v) is 20.5. The van der Waals surface area contributed by atoms with Crippen LogP contribution in [0.4, 0.5) is 5.69 Å². The van der Waals surface area contributed by atoms with Crippen LogP contribution in [0, 0.1) is 0 Å². The average molecular weight is 481 g/mol. The number of benzene rings is 4. The highest BCUT2D eigenvalue weighted by Gasteiger charge is 2.38. The van der Waals surface area contributed by atoms with E-state index in [0.29, 0.717) is 22.8 Å². The van der Waals surface area contributed by atoms with Crippen molar-refractivity contribution >= 4 is 11.6 Å². The molecule has 182 valence electrons. The van der Waals surface area contributed by atoms with Gasteiger partial charge in [0.2, 0.25) is 12.5 Å². The van der Waals surface area contributed by atoms with Crippen LogP contribution in [0.1, 0.15) is 27.0 Å². The molecule has 0 aliphatic carbocycles. The first-order chi connectivity index (χ1) is 17.6. The van der Waals surface area contributed by atoms with E-state index < -0.39 is 5.54 Å². The zero-order chi connectivity index (χ0) is 25.1. The second kappa shape index (κ2) is 9.76. The summed E-state index contributed by atoms with van der Waals surface area (Å²) in [7, 11) is 5.28. The predicted octanol–water partition coefficient (Wildman–Crippen LogP) is 5.21. The standard InChI is InChI=1S/C30H28N2O4/c1-31-30(22-12-6-4-7-13-22,23-14-8-5-9-15-23)24-16-10-11-17-25(24)32(2)29(33)21-18-26(34-3)28-27(19-21)35-20-36-28/h4-19,31H,20H2,1-3H3. The van der Waals surface area contributed by atoms with Crippen LogP contribution < -0.4 is 24.4 Å². The Morgan fingerprint density at radius 1 is 0.889 bits per heavy atom. The first-order valence-corrected chi connectivity index (χ1v) is 11.7. The molecule has 6 nitrogen and oxygen atoms in total. The van der Waals surface area contributed by atoms with Gasteiger partial charge in [-0.1, -0.05) is 78.9 Å². The van der Waals surface area contributed by atoms with Crippen molar-refractivity contribution < 1.29 is 19.0 Å². The summed E-state index contributed by atoms with van der Waals surface area (Å²) in [6.45, 7) is 0.0981. The molecule has 1 aliphatic heterocycles. The fourth-order valence-electron chi connectivity index (χ4n) is 4.92. The molecule has 0 saturated heterocycles. The lowest BCUT2D eigenvalue weighted by Gasteiger charge is -2.38. The molecule has 1 N–H and O–H groups in total. The van der Waals surface area contributed by atoms with E-state index in [-0.39, 0.29) is 12.7 Å². The first-order valence-electron chi connectivity index (χ1n) is 11.7. The van der Waals surface area contributed by atoms with Crippen LogP contribution in [-0.4, -0.2) is 33.9 Å². The second-order valence-electron chi connectivity index (χ2n) is 8.53. The summed E-state index contributed by atoms with van der Waals surface area (Å²) in [6.07, 6.45) is 0. The van der Waals surface area contributed by atoms with E-state index in [1.54, 1.807) is 31.2 Å². The number of methoxy groups -OCH3 is 1. The van der Waals surface area contributed by atoms with Crippen LogP contribution in [0.25, 0.3) is 0 Å². The van der Waals surface area contributed by atoms with Gasteiger partial charge in [-0.2, -0.15) is 0 Å². The van der Waals surface area contributed by atoms with Gasteiger partial charge in [0, 0.05) is 23.9 Å². The van der Waals surface area contributed by atoms with Crippen molar-refractivity contribution in [1.29, 1.82) is 0 Å². The van der Waals surface area contributed by atoms with E-state index in [0.717, 1.165) is 22.4 Å². The normalized spacial score (nSPS) is 12.3. The molecule has 1 amide bonds. The molecule has 1 aliphatic rings. The van der Waals surface area contributed by atoms with Gasteiger partial charge in [0.1, 0.15) is 0 Å². The SMILES string of the molecule is CNC(c1ccccc1)(c1ccccc1)c1ccccc1N(C)C(=O)c1cc(OC)c2c(c1)OCO2. The molecular formula is C30H28N2O4. The molecule has 5 rings (SSSR count). The maximum atomic E-state index is 13.8. The molecule has 0 unspecified atom stereocenters. The number of anilines is 1. The van der Waals surface area contributed by atoms with E-state index in [4.69, 9.17) is 14.2 Å². The van der Waals surface area contributed by atoms with Gasteiger partial charge in [0.15, 0.2) is 11.5 Å². The molecular weight excluding hydrogens is 452 g/mol. The van der Waals surface area contributed by atoms with Crippen LogP contribution in [0.2, 0.25) is 0 Å². The van der Waals surface area contributed by atoms with Crippen LogP contribution in [0.3, 0.4) is 0 Å². The Bertz CT molecular complexity index is 1330. The smallest absolute Gasteiger partial charge is 0.258 e. The quantitative estimate of drug-likeness (QED) is 0.368. The monoisotopic (exact) mass is 480 g/mol. The summed E-state index contributed by atoms with van der Waals surface area (Å²) in [5.74, 6) is 1.29. The van der Waals surface area contributed by atoms with Crippen LogP contribution in [0.15, 0.2) is 97.1 Å². The van der Waals surface area contributed by atoms with Crippen molar-refractivity contribution in [2.24, 2.45) is 0 Å². The number of amides is 1. The summed E-state index contributed by atoms with van der Waals surface area (Å²) in [6, 6.07) is 31.9. The molecule has 0 radical (unpaired) electrons. The lowest BCUT2D eigenvalue weighted by atomic mass is 9.76. The van der Waals surface area contributed by atoms with Crippen LogP contribution in [-0.2, 0) is 5.54 Å². The molecule has 0 spiro atoms. The minimum atomic E-state index is -0.694. The number of carbonyl (C=O) groups is 1. The number of fused-ring (bicyclic) bond motifs is 1. The molecule has 1 heterocycles. The number of rotatable bonds is 7. The lowest BCUT2D eigenvalue weighted by molar-refractivity contribution is 0.0992. The average Bonchev–Trinajstić information content (AvgIpc) is 3.43. The molecule has 0 bridgehead atoms. The summed E-state index contributed by atoms with van der Waals surface area (Å²) in [4.78, 5) is 15.5. The van der Waals surface area contributed by atoms with Crippen molar-refractivity contribution in [1.82, 2.24) is 5.32 Å². The fourth-order valence-corrected chi connectivity index (χ4v) is 4.92. The fraction of sp³-hybridized carbons (Fsp3) is 0.167. The minimum absolute atomic E-state index is 0.0981. The third-order valence-corrected chi connectivity index (χ3v) is 6.67. The van der Waals surface area contributed by atoms with Gasteiger partial charge in [-0.15, -0.1) is 0 Å². The van der Waals surface area contributed by atoms with Crippen LogP contribution in [0.5, 0.6) is 17.2 Å². The highest BCUT2D eigenvalue weighted by Crippen LogP contribution is 2.44. The second-order valence-corrected chi connectivity index (χ2v) is 8.53. The topological polar surface area (TPSA) is 60.0 Å². The van der Waals surface area contributed by atoms with Gasteiger partial charge in [-0.3, -0.25) is 4.79 Å². The van der Waals surface area contributed by atoms with Crippen LogP contribution >= 0.6 is 0 Å². The molecule has 0 fully saturated rings. The number of nitrogens with zero attached hydrogens (tertiary/aromatic N) is 1. The van der Waals surface area contributed by atoms with E-state index in [2.05, 4.69) is 35.6 Å². The molecule has 4 aromatic carbocycles. The molecule has 0 atom stereocenters. The Hall–Kier alpha value is -4.29. The van der Waals surface area contributed by atoms with Gasteiger partial charge < -0.3 is 24.4 Å². The minimum Gasteiger partial charge on any atom is -0.493 e. The third kappa shape index (κ3) is 3.85. The number of nitrogens with one attached hydrogen (secondary N) is 1. The number of hydrogen-bond acceptors (Lipinski definition) is 5. The van der Waals surface area contributed by atoms with Crippen molar-refractivity contribution in [2.45, 2.75) is 5.54 Å². The van der Waals surface area contributed by atoms with E-state index in [1.807, 2.05) is 61.6 Å². The van der Waals surface area contributed by atoms with E-state index >= 15 is 0 Å². The Labute approximate surface area is 211 Å². The molecule has 0 aromatic heterocycles. The Balaban J connectivity index is 1.65. The number of para-hydroxylation sites is 1. The van der Waals surface area contributed by atoms with Gasteiger partial charge in [-0.05, 0) is 36.4 Å². The number of ether oxygens (including phenoxy) is 3. The Kier molecular flexibility index (Phi) is 6.36. The summed E-state index contributed by atoms with van der Waals surface area (Å²) in [5, 5.41) is 3.60. The van der Waals surface area contributed by atoms with Crippen molar-refractivity contribution in [2.75, 3.05) is 32.9 Å². The summed E-state index contributed by atoms with van der Waals surface area (Å²) in [5.41, 5.74) is 3.62. The van der Waals surface area contributed by atoms with Gasteiger partial charge >= 0.3 is 0 Å². The number of carbonyl (C=O) groups excluding carboxylic acids is 1. The predicted molar refractivity (Wildman–Crippen MR) is 140 cm³/mol. The summed E-state index contributed by atoms with van der Waals surface area (Å²) >= 11 is 0. The highest BCUT2D eigenvalue weighted by molar-refractivity contribution is 6.07. The molecule has 4 aromatic rings. The van der Waals surface area contributed by atoms with Crippen molar-refractivity contribution in [3.63, 3.8) is 0 Å².